The molecule has 9 nitrogen and oxygen atoms in total. The maximum absolute atomic E-state index is 13.5. The number of carbonyl (C=O) groups excluding carboxylic acids is 1. The van der Waals surface area contributed by atoms with E-state index in [2.05, 4.69) is 36.0 Å². The van der Waals surface area contributed by atoms with Gasteiger partial charge < -0.3 is 25.8 Å². The number of urea groups is 1. The van der Waals surface area contributed by atoms with Gasteiger partial charge in [0, 0.05) is 46.8 Å². The molecule has 2 aromatic heterocycles. The largest absolute Gasteiger partial charge is 0.593 e. The van der Waals surface area contributed by atoms with Gasteiger partial charge >= 0.3 is 6.03 Å². The first-order chi connectivity index (χ1) is 19.5. The Morgan fingerprint density at radius 3 is 2.46 bits per heavy atom. The summed E-state index contributed by atoms with van der Waals surface area (Å²) >= 11 is 6.76. The second-order valence-electron chi connectivity index (χ2n) is 10.4. The number of thiazole rings is 2. The van der Waals surface area contributed by atoms with Crippen LogP contribution in [0, 0.1) is 0 Å². The summed E-state index contributed by atoms with van der Waals surface area (Å²) in [5.41, 5.74) is 2.76. The van der Waals surface area contributed by atoms with Gasteiger partial charge in [0.15, 0.2) is 10.0 Å². The highest BCUT2D eigenvalue weighted by molar-refractivity contribution is 7.89. The van der Waals surface area contributed by atoms with Gasteiger partial charge in [0.2, 0.25) is 0 Å². The number of aromatic nitrogens is 2. The van der Waals surface area contributed by atoms with Crippen molar-refractivity contribution in [3.8, 4) is 21.0 Å². The van der Waals surface area contributed by atoms with E-state index < -0.39 is 16.9 Å². The Balaban J connectivity index is 1.54. The smallest absolute Gasteiger partial charge is 0.319 e. The van der Waals surface area contributed by atoms with Crippen LogP contribution in [0.25, 0.3) is 21.0 Å². The number of anilines is 2. The Morgan fingerprint density at radius 2 is 1.80 bits per heavy atom. The second kappa shape index (κ2) is 13.7. The minimum absolute atomic E-state index is 0.247. The van der Waals surface area contributed by atoms with Crippen LogP contribution in [0.4, 0.5) is 16.2 Å². The van der Waals surface area contributed by atoms with E-state index in [9.17, 15) is 9.35 Å². The number of nitrogens with zero attached hydrogens (tertiary/aromatic N) is 2. The topological polar surface area (TPSA) is 126 Å². The monoisotopic (exact) mass is 627 g/mol. The van der Waals surface area contributed by atoms with E-state index in [1.807, 2.05) is 70.3 Å². The molecule has 4 aromatic rings. The van der Waals surface area contributed by atoms with Gasteiger partial charge in [0.25, 0.3) is 0 Å². The van der Waals surface area contributed by atoms with Gasteiger partial charge in [-0.2, -0.15) is 0 Å². The van der Waals surface area contributed by atoms with Crippen molar-refractivity contribution in [2.75, 3.05) is 10.6 Å². The summed E-state index contributed by atoms with van der Waals surface area (Å²) in [5, 5.41) is 16.0. The third-order valence-electron chi connectivity index (χ3n) is 5.30. The van der Waals surface area contributed by atoms with Crippen LogP contribution in [0.1, 0.15) is 39.6 Å². The van der Waals surface area contributed by atoms with Crippen molar-refractivity contribution < 1.29 is 9.35 Å². The maximum Gasteiger partial charge on any atom is 0.319 e. The Kier molecular flexibility index (Phi) is 10.3. The fourth-order valence-electron chi connectivity index (χ4n) is 3.62. The predicted octanol–water partition coefficient (Wildman–Crippen LogP) is 6.36. The molecule has 4 rings (SSSR count). The van der Waals surface area contributed by atoms with Crippen molar-refractivity contribution in [3.05, 3.63) is 65.2 Å². The first kappa shape index (κ1) is 30.9. The maximum atomic E-state index is 13.5. The summed E-state index contributed by atoms with van der Waals surface area (Å²) in [4.78, 5) is 22.7. The molecule has 0 spiro atoms. The standard InChI is InChI=1S/C28H33N7O2S4/c1-17(2)32-27(38)34-19-8-6-18(7-9-19)25-30-15-22(40-25)21-11-10-20(14-23(21)41(37)35-28(3,4)5)33-26(36)31-16-24-29-12-13-39-24/h6-15,17,35H,16H2,1-5H3,(H2,31,33,36)(H2,32,34,38). The summed E-state index contributed by atoms with van der Waals surface area (Å²) in [7, 11) is 0. The zero-order valence-electron chi connectivity index (χ0n) is 23.4. The number of amides is 2. The van der Waals surface area contributed by atoms with E-state index >= 15 is 0 Å². The van der Waals surface area contributed by atoms with E-state index in [-0.39, 0.29) is 12.1 Å². The number of hydrogen-bond donors (Lipinski definition) is 5. The lowest BCUT2D eigenvalue weighted by molar-refractivity contribution is 0.251. The lowest BCUT2D eigenvalue weighted by atomic mass is 10.1. The third kappa shape index (κ3) is 9.21. The number of rotatable bonds is 9. The van der Waals surface area contributed by atoms with Crippen molar-refractivity contribution in [2.24, 2.45) is 0 Å². The molecule has 13 heteroatoms. The van der Waals surface area contributed by atoms with E-state index in [0.717, 1.165) is 31.7 Å². The summed E-state index contributed by atoms with van der Waals surface area (Å²) in [6.45, 7) is 10.2. The van der Waals surface area contributed by atoms with Crippen LogP contribution in [-0.4, -0.2) is 37.2 Å². The lowest BCUT2D eigenvalue weighted by Crippen LogP contribution is -2.40. The second-order valence-corrected chi connectivity index (χ2v) is 14.0. The molecule has 5 N–H and O–H groups in total. The molecule has 41 heavy (non-hydrogen) atoms. The van der Waals surface area contributed by atoms with Gasteiger partial charge in [0.1, 0.15) is 10.0 Å². The van der Waals surface area contributed by atoms with Crippen molar-refractivity contribution in [1.29, 1.82) is 0 Å². The number of hydrogen-bond acceptors (Lipinski definition) is 8. The molecule has 0 aliphatic rings. The average Bonchev–Trinajstić information content (AvgIpc) is 3.59. The predicted molar refractivity (Wildman–Crippen MR) is 175 cm³/mol. The highest BCUT2D eigenvalue weighted by atomic mass is 32.2. The number of benzene rings is 2. The third-order valence-corrected chi connectivity index (χ3v) is 8.92. The number of carbonyl (C=O) groups is 1. The summed E-state index contributed by atoms with van der Waals surface area (Å²) in [6.07, 6.45) is 3.48. The van der Waals surface area contributed by atoms with Gasteiger partial charge in [-0.1, -0.05) is 0 Å². The SMILES string of the molecule is CC(C)NC(=S)Nc1ccc(-c2ncc(-c3ccc(NC(=O)NCc4nccs4)cc3[S+]([O-])NC(C)(C)C)s2)cc1. The quantitative estimate of drug-likeness (QED) is 0.107. The van der Waals surface area contributed by atoms with Gasteiger partial charge in [-0.15, -0.1) is 27.4 Å². The van der Waals surface area contributed by atoms with Crippen molar-refractivity contribution in [1.82, 2.24) is 25.3 Å². The van der Waals surface area contributed by atoms with E-state index in [1.54, 1.807) is 24.5 Å². The van der Waals surface area contributed by atoms with Crippen LogP contribution >= 0.6 is 34.9 Å². The van der Waals surface area contributed by atoms with Crippen LogP contribution in [0.3, 0.4) is 0 Å². The van der Waals surface area contributed by atoms with E-state index in [4.69, 9.17) is 12.2 Å². The summed E-state index contributed by atoms with van der Waals surface area (Å²) in [5.74, 6) is 0. The first-order valence-electron chi connectivity index (χ1n) is 12.9. The minimum Gasteiger partial charge on any atom is -0.593 e. The zero-order valence-corrected chi connectivity index (χ0v) is 26.7. The molecular formula is C28H33N7O2S4. The van der Waals surface area contributed by atoms with Crippen LogP contribution < -0.4 is 26.0 Å². The van der Waals surface area contributed by atoms with Crippen molar-refractivity contribution >= 4 is 68.8 Å². The van der Waals surface area contributed by atoms with E-state index in [0.29, 0.717) is 22.2 Å². The van der Waals surface area contributed by atoms with Crippen molar-refractivity contribution in [3.63, 3.8) is 0 Å². The number of nitrogens with one attached hydrogen (secondary N) is 5. The van der Waals surface area contributed by atoms with Gasteiger partial charge in [-0.25, -0.2) is 14.8 Å². The molecule has 0 aliphatic carbocycles. The van der Waals surface area contributed by atoms with Gasteiger partial charge in [-0.3, -0.25) is 0 Å². The molecule has 1 unspecified atom stereocenters. The molecule has 0 bridgehead atoms. The molecule has 0 saturated carbocycles. The highest BCUT2D eigenvalue weighted by Crippen LogP contribution is 2.37. The molecule has 0 fully saturated rings. The van der Waals surface area contributed by atoms with Crippen LogP contribution in [0.2, 0.25) is 0 Å². The van der Waals surface area contributed by atoms with Crippen LogP contribution in [0.15, 0.2) is 65.1 Å². The molecule has 216 valence electrons. The average molecular weight is 628 g/mol. The van der Waals surface area contributed by atoms with Crippen LogP contribution in [0.5, 0.6) is 0 Å². The Morgan fingerprint density at radius 1 is 1.07 bits per heavy atom. The Labute approximate surface area is 256 Å². The Bertz CT molecular complexity index is 1470. The molecule has 2 amide bonds. The fourth-order valence-corrected chi connectivity index (χ4v) is 6.83. The first-order valence-corrected chi connectivity index (χ1v) is 16.1. The van der Waals surface area contributed by atoms with Crippen LogP contribution in [-0.2, 0) is 17.9 Å². The lowest BCUT2D eigenvalue weighted by Gasteiger charge is -2.23. The molecule has 0 aliphatic heterocycles. The number of thiocarbonyl (C=S) groups is 1. The normalized spacial score (nSPS) is 12.2. The fraction of sp³-hybridized carbons (Fsp3) is 0.286. The van der Waals surface area contributed by atoms with Crippen molar-refractivity contribution in [2.45, 2.75) is 57.6 Å². The molecule has 0 radical (unpaired) electrons. The molecule has 2 heterocycles. The van der Waals surface area contributed by atoms with Gasteiger partial charge in [-0.05, 0) is 83.2 Å². The zero-order chi connectivity index (χ0) is 29.6. The summed E-state index contributed by atoms with van der Waals surface area (Å²) in [6, 6.07) is 13.2. The molecule has 2 aromatic carbocycles. The van der Waals surface area contributed by atoms with Gasteiger partial charge in [0.05, 0.1) is 33.9 Å². The molecule has 1 atom stereocenters. The van der Waals surface area contributed by atoms with E-state index in [1.165, 1.54) is 22.7 Å². The molecule has 0 saturated heterocycles. The highest BCUT2D eigenvalue weighted by Gasteiger charge is 2.26. The molecular weight excluding hydrogens is 595 g/mol. The Hall–Kier alpha value is -3.07. The minimum atomic E-state index is -1.54. The summed E-state index contributed by atoms with van der Waals surface area (Å²) < 4.78 is 16.6.